The number of hydrogen-bond acceptors (Lipinski definition) is 4. The molecule has 0 atom stereocenters. The molecule has 0 bridgehead atoms. The van der Waals surface area contributed by atoms with Gasteiger partial charge in [-0.05, 0) is 26.7 Å². The van der Waals surface area contributed by atoms with Crippen LogP contribution in [0.1, 0.15) is 36.9 Å². The Kier molecular flexibility index (Phi) is 9.57. The lowest BCUT2D eigenvalue weighted by Crippen LogP contribution is -2.39. The third-order valence-electron chi connectivity index (χ3n) is 3.81. The Morgan fingerprint density at radius 3 is 2.75 bits per heavy atom. The zero-order valence-corrected chi connectivity index (χ0v) is 17.9. The van der Waals surface area contributed by atoms with E-state index in [4.69, 9.17) is 0 Å². The molecular weight excluding hydrogens is 437 g/mol. The number of aryl methyl sites for hydroxylation is 1. The summed E-state index contributed by atoms with van der Waals surface area (Å²) in [4.78, 5) is 25.1. The van der Waals surface area contributed by atoms with Crippen molar-refractivity contribution in [2.45, 2.75) is 39.7 Å². The molecule has 6 nitrogen and oxygen atoms in total. The molecule has 136 valence electrons. The molecule has 24 heavy (non-hydrogen) atoms. The van der Waals surface area contributed by atoms with Gasteiger partial charge in [-0.15, -0.1) is 35.3 Å². The predicted molar refractivity (Wildman–Crippen MR) is 110 cm³/mol. The summed E-state index contributed by atoms with van der Waals surface area (Å²) in [6.45, 7) is 7.92. The minimum atomic E-state index is 0. The molecular formula is C16H28IN5OS. The van der Waals surface area contributed by atoms with Crippen LogP contribution in [0, 0.1) is 6.92 Å². The fraction of sp³-hybridized carbons (Fsp3) is 0.688. The molecule has 0 spiro atoms. The van der Waals surface area contributed by atoms with Crippen molar-refractivity contribution in [2.24, 2.45) is 4.99 Å². The summed E-state index contributed by atoms with van der Waals surface area (Å²) in [7, 11) is 2.00. The minimum absolute atomic E-state index is 0. The van der Waals surface area contributed by atoms with Crippen molar-refractivity contribution in [1.82, 2.24) is 20.1 Å². The van der Waals surface area contributed by atoms with Crippen molar-refractivity contribution in [3.05, 3.63) is 16.1 Å². The highest BCUT2D eigenvalue weighted by molar-refractivity contribution is 14.0. The van der Waals surface area contributed by atoms with Crippen LogP contribution in [-0.4, -0.2) is 59.9 Å². The van der Waals surface area contributed by atoms with Crippen molar-refractivity contribution in [1.29, 1.82) is 0 Å². The van der Waals surface area contributed by atoms with Crippen LogP contribution in [0.3, 0.4) is 0 Å². The molecule has 2 rings (SSSR count). The summed E-state index contributed by atoms with van der Waals surface area (Å²) >= 11 is 1.66. The first kappa shape index (κ1) is 21.1. The number of carbonyl (C=O) groups is 1. The molecule has 1 aromatic heterocycles. The van der Waals surface area contributed by atoms with E-state index in [0.717, 1.165) is 55.7 Å². The van der Waals surface area contributed by atoms with Crippen LogP contribution in [0.4, 0.5) is 0 Å². The van der Waals surface area contributed by atoms with Crippen LogP contribution in [0.25, 0.3) is 0 Å². The first-order valence-electron chi connectivity index (χ1n) is 8.28. The fourth-order valence-electron chi connectivity index (χ4n) is 2.65. The quantitative estimate of drug-likeness (QED) is 0.399. The standard InChI is InChI=1S/C16H27N5OS.HI/c1-4-17-16(20(3)11-14-12-23-13(2)19-14)18-8-7-15(22)21-9-5-6-10-21;/h12H,4-11H2,1-3H3,(H,17,18);1H. The molecule has 0 saturated carbocycles. The van der Waals surface area contributed by atoms with E-state index < -0.39 is 0 Å². The average Bonchev–Trinajstić information content (AvgIpc) is 3.18. The second kappa shape index (κ2) is 10.9. The van der Waals surface area contributed by atoms with Gasteiger partial charge in [0.2, 0.25) is 5.91 Å². The Morgan fingerprint density at radius 1 is 1.46 bits per heavy atom. The molecule has 0 unspecified atom stereocenters. The molecule has 1 aromatic rings. The fourth-order valence-corrected chi connectivity index (χ4v) is 3.25. The van der Waals surface area contributed by atoms with E-state index in [-0.39, 0.29) is 29.9 Å². The molecule has 8 heteroatoms. The van der Waals surface area contributed by atoms with Crippen LogP contribution in [0.2, 0.25) is 0 Å². The number of amides is 1. The van der Waals surface area contributed by atoms with Crippen molar-refractivity contribution >= 4 is 47.2 Å². The van der Waals surface area contributed by atoms with Gasteiger partial charge in [-0.2, -0.15) is 0 Å². The summed E-state index contributed by atoms with van der Waals surface area (Å²) in [5.41, 5.74) is 1.05. The monoisotopic (exact) mass is 465 g/mol. The maximum atomic E-state index is 12.1. The number of aromatic nitrogens is 1. The highest BCUT2D eigenvalue weighted by atomic mass is 127. The lowest BCUT2D eigenvalue weighted by atomic mass is 10.3. The zero-order valence-electron chi connectivity index (χ0n) is 14.7. The first-order chi connectivity index (χ1) is 11.1. The van der Waals surface area contributed by atoms with E-state index in [1.807, 2.05) is 25.8 Å². The van der Waals surface area contributed by atoms with Gasteiger partial charge in [0, 0.05) is 38.5 Å². The summed E-state index contributed by atoms with van der Waals surface area (Å²) in [6.07, 6.45) is 2.75. The van der Waals surface area contributed by atoms with Gasteiger partial charge in [-0.25, -0.2) is 4.98 Å². The summed E-state index contributed by atoms with van der Waals surface area (Å²) in [5.74, 6) is 1.05. The highest BCUT2D eigenvalue weighted by Crippen LogP contribution is 2.10. The topological polar surface area (TPSA) is 60.8 Å². The molecule has 2 heterocycles. The highest BCUT2D eigenvalue weighted by Gasteiger charge is 2.17. The van der Waals surface area contributed by atoms with E-state index in [2.05, 4.69) is 25.6 Å². The van der Waals surface area contributed by atoms with E-state index in [1.165, 1.54) is 0 Å². The SMILES string of the molecule is CCNC(=NCCC(=O)N1CCCC1)N(C)Cc1csc(C)n1.I. The Morgan fingerprint density at radius 2 is 2.17 bits per heavy atom. The van der Waals surface area contributed by atoms with Crippen LogP contribution < -0.4 is 5.32 Å². The first-order valence-corrected chi connectivity index (χ1v) is 9.16. The third-order valence-corrected chi connectivity index (χ3v) is 4.63. The van der Waals surface area contributed by atoms with Gasteiger partial charge >= 0.3 is 0 Å². The summed E-state index contributed by atoms with van der Waals surface area (Å²) < 4.78 is 0. The van der Waals surface area contributed by atoms with Crippen LogP contribution in [-0.2, 0) is 11.3 Å². The molecule has 1 aliphatic rings. The molecule has 1 aliphatic heterocycles. The van der Waals surface area contributed by atoms with Gasteiger partial charge < -0.3 is 15.1 Å². The Balaban J connectivity index is 0.00000288. The van der Waals surface area contributed by atoms with E-state index in [9.17, 15) is 4.79 Å². The lowest BCUT2D eigenvalue weighted by molar-refractivity contribution is -0.129. The number of guanidine groups is 1. The molecule has 1 amide bonds. The number of carbonyl (C=O) groups excluding carboxylic acids is 1. The number of likely N-dealkylation sites (tertiary alicyclic amines) is 1. The van der Waals surface area contributed by atoms with Gasteiger partial charge in [0.15, 0.2) is 5.96 Å². The van der Waals surface area contributed by atoms with E-state index in [1.54, 1.807) is 11.3 Å². The number of thiazole rings is 1. The van der Waals surface area contributed by atoms with Crippen LogP contribution >= 0.6 is 35.3 Å². The molecule has 0 aliphatic carbocycles. The second-order valence-electron chi connectivity index (χ2n) is 5.79. The number of rotatable bonds is 6. The Hall–Kier alpha value is -0.900. The van der Waals surface area contributed by atoms with Gasteiger partial charge in [-0.3, -0.25) is 9.79 Å². The third kappa shape index (κ3) is 6.54. The maximum Gasteiger partial charge on any atom is 0.224 e. The summed E-state index contributed by atoms with van der Waals surface area (Å²) in [6, 6.07) is 0. The van der Waals surface area contributed by atoms with E-state index in [0.29, 0.717) is 13.0 Å². The lowest BCUT2D eigenvalue weighted by Gasteiger charge is -2.21. The predicted octanol–water partition coefficient (Wildman–Crippen LogP) is 2.48. The molecule has 0 radical (unpaired) electrons. The van der Waals surface area contributed by atoms with Crippen molar-refractivity contribution in [3.63, 3.8) is 0 Å². The second-order valence-corrected chi connectivity index (χ2v) is 6.85. The molecule has 1 fully saturated rings. The number of hydrogen-bond donors (Lipinski definition) is 1. The zero-order chi connectivity index (χ0) is 16.7. The molecule has 1 N–H and O–H groups in total. The van der Waals surface area contributed by atoms with Gasteiger partial charge in [0.1, 0.15) is 0 Å². The number of aliphatic imine (C=N–C) groups is 1. The van der Waals surface area contributed by atoms with Crippen molar-refractivity contribution in [2.75, 3.05) is 33.2 Å². The Bertz CT molecular complexity index is 542. The largest absolute Gasteiger partial charge is 0.357 e. The van der Waals surface area contributed by atoms with E-state index >= 15 is 0 Å². The van der Waals surface area contributed by atoms with Crippen molar-refractivity contribution in [3.8, 4) is 0 Å². The van der Waals surface area contributed by atoms with Crippen molar-refractivity contribution < 1.29 is 4.79 Å². The summed E-state index contributed by atoms with van der Waals surface area (Å²) in [5, 5.41) is 6.43. The van der Waals surface area contributed by atoms with Gasteiger partial charge in [0.05, 0.1) is 23.8 Å². The average molecular weight is 465 g/mol. The number of nitrogens with zero attached hydrogens (tertiary/aromatic N) is 4. The number of halogens is 1. The number of nitrogens with one attached hydrogen (secondary N) is 1. The smallest absolute Gasteiger partial charge is 0.224 e. The van der Waals surface area contributed by atoms with Gasteiger partial charge in [-0.1, -0.05) is 0 Å². The van der Waals surface area contributed by atoms with Crippen LogP contribution in [0.15, 0.2) is 10.4 Å². The normalized spacial score (nSPS) is 14.5. The maximum absolute atomic E-state index is 12.1. The van der Waals surface area contributed by atoms with Gasteiger partial charge in [0.25, 0.3) is 0 Å². The minimum Gasteiger partial charge on any atom is -0.357 e. The van der Waals surface area contributed by atoms with Crippen LogP contribution in [0.5, 0.6) is 0 Å². The molecule has 1 saturated heterocycles. The Labute approximate surface area is 165 Å². The molecule has 0 aromatic carbocycles.